The largest absolute Gasteiger partial charge is 0.374 e. The molecule has 0 bridgehead atoms. The van der Waals surface area contributed by atoms with Crippen LogP contribution in [0.5, 0.6) is 0 Å². The van der Waals surface area contributed by atoms with Crippen molar-refractivity contribution in [2.24, 2.45) is 5.73 Å². The molecule has 21 heavy (non-hydrogen) atoms. The monoisotopic (exact) mass is 287 g/mol. The zero-order valence-corrected chi connectivity index (χ0v) is 12.3. The number of hydrogen-bond acceptors (Lipinski definition) is 4. The molecule has 2 fully saturated rings. The molecule has 1 amide bonds. The maximum absolute atomic E-state index is 12.0. The number of fused-ring (bicyclic) bond motifs is 2. The average molecular weight is 287 g/mol. The van der Waals surface area contributed by atoms with Gasteiger partial charge in [0, 0.05) is 24.8 Å². The summed E-state index contributed by atoms with van der Waals surface area (Å²) < 4.78 is 5.88. The first kappa shape index (κ1) is 13.1. The van der Waals surface area contributed by atoms with Gasteiger partial charge in [-0.15, -0.1) is 0 Å². The summed E-state index contributed by atoms with van der Waals surface area (Å²) >= 11 is 0. The Balaban J connectivity index is 1.69. The van der Waals surface area contributed by atoms with E-state index in [-0.39, 0.29) is 5.91 Å². The maximum Gasteiger partial charge on any atom is 0.248 e. The quantitative estimate of drug-likeness (QED) is 0.848. The van der Waals surface area contributed by atoms with Crippen LogP contribution in [0, 0.1) is 0 Å². The molecule has 3 aliphatic rings. The van der Waals surface area contributed by atoms with Gasteiger partial charge < -0.3 is 20.3 Å². The number of amides is 1. The number of nitrogens with two attached hydrogens (primary N) is 1. The van der Waals surface area contributed by atoms with Crippen molar-refractivity contribution in [2.45, 2.75) is 37.5 Å². The van der Waals surface area contributed by atoms with E-state index in [0.717, 1.165) is 30.8 Å². The molecule has 0 spiro atoms. The van der Waals surface area contributed by atoms with Crippen molar-refractivity contribution in [3.8, 4) is 0 Å². The summed E-state index contributed by atoms with van der Waals surface area (Å²) in [7, 11) is 1.80. The number of likely N-dealkylation sites (N-methyl/N-ethyl adjacent to an activating group) is 1. The topological polar surface area (TPSA) is 58.8 Å². The lowest BCUT2D eigenvalue weighted by atomic mass is 10.1. The molecule has 1 aromatic carbocycles. The van der Waals surface area contributed by atoms with Crippen LogP contribution in [0.3, 0.4) is 0 Å². The molecule has 3 unspecified atom stereocenters. The van der Waals surface area contributed by atoms with Gasteiger partial charge in [0.25, 0.3) is 0 Å². The SMILES string of the molecule is CN1C(=O)C(N)c2ccc(N3CCOC4CCCC43)cc21. The molecule has 1 saturated carbocycles. The van der Waals surface area contributed by atoms with Gasteiger partial charge in [-0.1, -0.05) is 6.07 Å². The van der Waals surface area contributed by atoms with Crippen molar-refractivity contribution < 1.29 is 9.53 Å². The van der Waals surface area contributed by atoms with E-state index in [2.05, 4.69) is 17.0 Å². The van der Waals surface area contributed by atoms with E-state index in [1.807, 2.05) is 6.07 Å². The minimum atomic E-state index is -0.511. The third-order valence-electron chi connectivity index (χ3n) is 5.12. The van der Waals surface area contributed by atoms with Crippen molar-refractivity contribution in [3.63, 3.8) is 0 Å². The molecule has 1 aromatic rings. The van der Waals surface area contributed by atoms with Crippen molar-refractivity contribution in [1.82, 2.24) is 0 Å². The Labute approximate surface area is 124 Å². The van der Waals surface area contributed by atoms with Gasteiger partial charge in [-0.3, -0.25) is 4.79 Å². The predicted molar refractivity (Wildman–Crippen MR) is 81.5 cm³/mol. The fraction of sp³-hybridized carbons (Fsp3) is 0.562. The summed E-state index contributed by atoms with van der Waals surface area (Å²) in [5, 5.41) is 0. The van der Waals surface area contributed by atoms with E-state index in [9.17, 15) is 4.79 Å². The first-order valence-electron chi connectivity index (χ1n) is 7.72. The minimum Gasteiger partial charge on any atom is -0.374 e. The lowest BCUT2D eigenvalue weighted by Gasteiger charge is -2.39. The van der Waals surface area contributed by atoms with Crippen molar-refractivity contribution >= 4 is 17.3 Å². The van der Waals surface area contributed by atoms with Gasteiger partial charge in [0.2, 0.25) is 5.91 Å². The Morgan fingerprint density at radius 2 is 2.19 bits per heavy atom. The Morgan fingerprint density at radius 1 is 1.33 bits per heavy atom. The van der Waals surface area contributed by atoms with Crippen LogP contribution in [0.4, 0.5) is 11.4 Å². The normalized spacial score (nSPS) is 31.5. The number of morpholine rings is 1. The van der Waals surface area contributed by atoms with Crippen LogP contribution >= 0.6 is 0 Å². The third kappa shape index (κ3) is 1.88. The highest BCUT2D eigenvalue weighted by molar-refractivity contribution is 6.04. The molecule has 1 aliphatic carbocycles. The maximum atomic E-state index is 12.0. The molecule has 4 rings (SSSR count). The third-order valence-corrected chi connectivity index (χ3v) is 5.12. The number of hydrogen-bond donors (Lipinski definition) is 1. The number of benzene rings is 1. The molecule has 0 aromatic heterocycles. The number of carbonyl (C=O) groups is 1. The van der Waals surface area contributed by atoms with Crippen LogP contribution in [0.25, 0.3) is 0 Å². The summed E-state index contributed by atoms with van der Waals surface area (Å²) in [6.07, 6.45) is 3.96. The van der Waals surface area contributed by atoms with Gasteiger partial charge in [0.1, 0.15) is 6.04 Å². The van der Waals surface area contributed by atoms with E-state index in [4.69, 9.17) is 10.5 Å². The van der Waals surface area contributed by atoms with Gasteiger partial charge in [0.05, 0.1) is 24.4 Å². The first-order valence-corrected chi connectivity index (χ1v) is 7.72. The number of anilines is 2. The predicted octanol–water partition coefficient (Wildman–Crippen LogP) is 1.42. The molecule has 0 radical (unpaired) electrons. The summed E-state index contributed by atoms with van der Waals surface area (Å²) in [5.74, 6) is -0.0251. The van der Waals surface area contributed by atoms with E-state index >= 15 is 0 Å². The summed E-state index contributed by atoms with van der Waals surface area (Å²) in [6, 6.07) is 6.19. The van der Waals surface area contributed by atoms with Gasteiger partial charge in [-0.2, -0.15) is 0 Å². The number of carbonyl (C=O) groups excluding carboxylic acids is 1. The second-order valence-electron chi connectivity index (χ2n) is 6.22. The zero-order chi connectivity index (χ0) is 14.6. The van der Waals surface area contributed by atoms with Crippen LogP contribution in [-0.2, 0) is 9.53 Å². The smallest absolute Gasteiger partial charge is 0.248 e. The molecule has 1 saturated heterocycles. The van der Waals surface area contributed by atoms with Crippen LogP contribution in [0.1, 0.15) is 30.9 Å². The average Bonchev–Trinajstić information content (AvgIpc) is 3.07. The Hall–Kier alpha value is -1.59. The second-order valence-corrected chi connectivity index (χ2v) is 6.22. The van der Waals surface area contributed by atoms with Crippen LogP contribution in [0.2, 0.25) is 0 Å². The standard InChI is InChI=1S/C16H21N3O2/c1-18-13-9-10(5-6-11(13)15(17)16(18)20)19-7-8-21-14-4-2-3-12(14)19/h5-6,9,12,14-15H,2-4,7-8,17H2,1H3. The van der Waals surface area contributed by atoms with Crippen molar-refractivity contribution in [2.75, 3.05) is 30.0 Å². The molecule has 2 aliphatic heterocycles. The molecular formula is C16H21N3O2. The molecule has 112 valence electrons. The fourth-order valence-corrected chi connectivity index (χ4v) is 3.97. The van der Waals surface area contributed by atoms with Crippen molar-refractivity contribution in [3.05, 3.63) is 23.8 Å². The zero-order valence-electron chi connectivity index (χ0n) is 12.3. The van der Waals surface area contributed by atoms with E-state index < -0.39 is 6.04 Å². The number of rotatable bonds is 1. The van der Waals surface area contributed by atoms with Gasteiger partial charge in [0.15, 0.2) is 0 Å². The number of ether oxygens (including phenoxy) is 1. The highest BCUT2D eigenvalue weighted by Crippen LogP contribution is 2.39. The Kier molecular flexibility index (Phi) is 2.94. The Morgan fingerprint density at radius 3 is 3.05 bits per heavy atom. The molecular weight excluding hydrogens is 266 g/mol. The van der Waals surface area contributed by atoms with Crippen molar-refractivity contribution in [1.29, 1.82) is 0 Å². The molecule has 2 N–H and O–H groups in total. The lowest BCUT2D eigenvalue weighted by Crippen LogP contribution is -2.48. The molecule has 5 heteroatoms. The van der Waals surface area contributed by atoms with E-state index in [1.165, 1.54) is 18.5 Å². The molecule has 3 atom stereocenters. The molecule has 5 nitrogen and oxygen atoms in total. The minimum absolute atomic E-state index is 0.0251. The van der Waals surface area contributed by atoms with Crippen LogP contribution in [0.15, 0.2) is 18.2 Å². The van der Waals surface area contributed by atoms with Gasteiger partial charge in [-0.05, 0) is 31.4 Å². The Bertz CT molecular complexity index is 589. The second kappa shape index (κ2) is 4.71. The first-order chi connectivity index (χ1) is 10.2. The fourth-order valence-electron chi connectivity index (χ4n) is 3.97. The van der Waals surface area contributed by atoms with E-state index in [1.54, 1.807) is 11.9 Å². The summed E-state index contributed by atoms with van der Waals surface area (Å²) in [6.45, 7) is 1.70. The number of nitrogens with zero attached hydrogens (tertiary/aromatic N) is 2. The summed E-state index contributed by atoms with van der Waals surface area (Å²) in [4.78, 5) is 16.1. The van der Waals surface area contributed by atoms with Gasteiger partial charge in [-0.25, -0.2) is 0 Å². The summed E-state index contributed by atoms with van der Waals surface area (Å²) in [5.41, 5.74) is 9.04. The van der Waals surface area contributed by atoms with Crippen LogP contribution in [-0.4, -0.2) is 38.3 Å². The van der Waals surface area contributed by atoms with Crippen LogP contribution < -0.4 is 15.5 Å². The molecule has 2 heterocycles. The van der Waals surface area contributed by atoms with Gasteiger partial charge >= 0.3 is 0 Å². The van der Waals surface area contributed by atoms with E-state index in [0.29, 0.717) is 12.1 Å². The highest BCUT2D eigenvalue weighted by Gasteiger charge is 2.37. The highest BCUT2D eigenvalue weighted by atomic mass is 16.5. The lowest BCUT2D eigenvalue weighted by molar-refractivity contribution is -0.118.